The molecule has 1 fully saturated rings. The minimum atomic E-state index is 0.619. The quantitative estimate of drug-likeness (QED) is 0.777. The number of ether oxygens (including phenoxy) is 1. The van der Waals surface area contributed by atoms with Gasteiger partial charge in [0, 0.05) is 5.02 Å². The van der Waals surface area contributed by atoms with Crippen molar-refractivity contribution in [1.29, 1.82) is 0 Å². The molecule has 2 N–H and O–H groups in total. The third kappa shape index (κ3) is 2.55. The third-order valence-corrected chi connectivity index (χ3v) is 2.69. The fourth-order valence-corrected chi connectivity index (χ4v) is 1.57. The highest BCUT2D eigenvalue weighted by atomic mass is 35.5. The van der Waals surface area contributed by atoms with Crippen LogP contribution in [0.15, 0.2) is 18.2 Å². The van der Waals surface area contributed by atoms with Crippen LogP contribution in [0.1, 0.15) is 19.3 Å². The van der Waals surface area contributed by atoms with Crippen molar-refractivity contribution in [3.05, 3.63) is 23.2 Å². The SMILES string of the molecule is Nc1cc(Cl)ccc1OCCC1CC1. The lowest BCUT2D eigenvalue weighted by Gasteiger charge is -2.08. The lowest BCUT2D eigenvalue weighted by atomic mass is 10.3. The summed E-state index contributed by atoms with van der Waals surface area (Å²) in [5.41, 5.74) is 6.36. The van der Waals surface area contributed by atoms with Gasteiger partial charge in [-0.2, -0.15) is 0 Å². The summed E-state index contributed by atoms with van der Waals surface area (Å²) in [5, 5.41) is 0.650. The Morgan fingerprint density at radius 2 is 2.21 bits per heavy atom. The van der Waals surface area contributed by atoms with Crippen LogP contribution in [0.5, 0.6) is 5.75 Å². The Morgan fingerprint density at radius 1 is 1.43 bits per heavy atom. The van der Waals surface area contributed by atoms with Gasteiger partial charge in [-0.05, 0) is 30.5 Å². The molecule has 1 saturated carbocycles. The van der Waals surface area contributed by atoms with Gasteiger partial charge in [0.2, 0.25) is 0 Å². The second-order valence-electron chi connectivity index (χ2n) is 3.76. The van der Waals surface area contributed by atoms with Gasteiger partial charge in [0.15, 0.2) is 0 Å². The van der Waals surface area contributed by atoms with Crippen LogP contribution >= 0.6 is 11.6 Å². The summed E-state index contributed by atoms with van der Waals surface area (Å²) in [5.74, 6) is 1.64. The fraction of sp³-hybridized carbons (Fsp3) is 0.455. The van der Waals surface area contributed by atoms with E-state index in [1.54, 1.807) is 12.1 Å². The van der Waals surface area contributed by atoms with Gasteiger partial charge in [-0.25, -0.2) is 0 Å². The molecule has 1 aliphatic rings. The average Bonchev–Trinajstić information content (AvgIpc) is 2.92. The molecule has 1 aliphatic carbocycles. The molecule has 76 valence electrons. The second kappa shape index (κ2) is 4.09. The van der Waals surface area contributed by atoms with E-state index in [0.717, 1.165) is 24.7 Å². The molecule has 3 heteroatoms. The van der Waals surface area contributed by atoms with Crippen molar-refractivity contribution in [3.8, 4) is 5.75 Å². The van der Waals surface area contributed by atoms with Crippen molar-refractivity contribution < 1.29 is 4.74 Å². The highest BCUT2D eigenvalue weighted by Crippen LogP contribution is 2.33. The molecule has 0 aliphatic heterocycles. The Morgan fingerprint density at radius 3 is 2.86 bits per heavy atom. The van der Waals surface area contributed by atoms with E-state index in [1.807, 2.05) is 6.07 Å². The van der Waals surface area contributed by atoms with E-state index in [2.05, 4.69) is 0 Å². The Bertz CT molecular complexity index is 323. The molecule has 0 unspecified atom stereocenters. The van der Waals surface area contributed by atoms with Crippen LogP contribution in [0.25, 0.3) is 0 Å². The zero-order chi connectivity index (χ0) is 9.97. The first-order chi connectivity index (χ1) is 6.75. The minimum absolute atomic E-state index is 0.619. The first-order valence-electron chi connectivity index (χ1n) is 4.93. The predicted octanol–water partition coefficient (Wildman–Crippen LogP) is 3.10. The molecule has 1 aromatic carbocycles. The maximum absolute atomic E-state index is 5.78. The Labute approximate surface area is 89.0 Å². The zero-order valence-corrected chi connectivity index (χ0v) is 8.76. The molecule has 1 aromatic rings. The summed E-state index contributed by atoms with van der Waals surface area (Å²) in [6, 6.07) is 5.34. The maximum Gasteiger partial charge on any atom is 0.142 e. The lowest BCUT2D eigenvalue weighted by Crippen LogP contribution is -2.00. The number of halogens is 1. The van der Waals surface area contributed by atoms with Gasteiger partial charge in [-0.1, -0.05) is 24.4 Å². The zero-order valence-electron chi connectivity index (χ0n) is 8.00. The molecule has 0 bridgehead atoms. The predicted molar refractivity (Wildman–Crippen MR) is 58.7 cm³/mol. The van der Waals surface area contributed by atoms with Crippen molar-refractivity contribution in [3.63, 3.8) is 0 Å². The number of nitrogens with two attached hydrogens (primary N) is 1. The number of nitrogen functional groups attached to an aromatic ring is 1. The highest BCUT2D eigenvalue weighted by Gasteiger charge is 2.20. The highest BCUT2D eigenvalue weighted by molar-refractivity contribution is 6.30. The van der Waals surface area contributed by atoms with Crippen molar-refractivity contribution in [1.82, 2.24) is 0 Å². The Balaban J connectivity index is 1.87. The van der Waals surface area contributed by atoms with Crippen LogP contribution in [0.4, 0.5) is 5.69 Å². The van der Waals surface area contributed by atoms with E-state index in [4.69, 9.17) is 22.1 Å². The molecule has 0 saturated heterocycles. The smallest absolute Gasteiger partial charge is 0.142 e. The van der Waals surface area contributed by atoms with Gasteiger partial charge >= 0.3 is 0 Å². The standard InChI is InChI=1S/C11H14ClNO/c12-9-3-4-11(10(13)7-9)14-6-5-8-1-2-8/h3-4,7-8H,1-2,5-6,13H2. The molecule has 0 amide bonds. The van der Waals surface area contributed by atoms with Gasteiger partial charge in [0.1, 0.15) is 5.75 Å². The molecule has 0 spiro atoms. The van der Waals surface area contributed by atoms with Crippen molar-refractivity contribution in [2.75, 3.05) is 12.3 Å². The second-order valence-corrected chi connectivity index (χ2v) is 4.20. The number of rotatable bonds is 4. The van der Waals surface area contributed by atoms with Crippen LogP contribution in [0, 0.1) is 5.92 Å². The number of hydrogen-bond acceptors (Lipinski definition) is 2. The van der Waals surface area contributed by atoms with Crippen molar-refractivity contribution >= 4 is 17.3 Å². The first-order valence-corrected chi connectivity index (χ1v) is 5.31. The van der Waals surface area contributed by atoms with Gasteiger partial charge in [-0.15, -0.1) is 0 Å². The van der Waals surface area contributed by atoms with Crippen LogP contribution in [0.3, 0.4) is 0 Å². The van der Waals surface area contributed by atoms with Gasteiger partial charge in [-0.3, -0.25) is 0 Å². The number of hydrogen-bond donors (Lipinski definition) is 1. The van der Waals surface area contributed by atoms with E-state index >= 15 is 0 Å². The first kappa shape index (κ1) is 9.66. The van der Waals surface area contributed by atoms with Gasteiger partial charge in [0.05, 0.1) is 12.3 Å². The summed E-state index contributed by atoms with van der Waals surface area (Å²) < 4.78 is 5.56. The van der Waals surface area contributed by atoms with Crippen molar-refractivity contribution in [2.24, 2.45) is 5.92 Å². The molecule has 14 heavy (non-hydrogen) atoms. The number of benzene rings is 1. The molecule has 0 aromatic heterocycles. The molecular weight excluding hydrogens is 198 g/mol. The van der Waals surface area contributed by atoms with E-state index in [0.29, 0.717) is 10.7 Å². The van der Waals surface area contributed by atoms with E-state index in [-0.39, 0.29) is 0 Å². The molecule has 0 heterocycles. The van der Waals surface area contributed by atoms with E-state index < -0.39 is 0 Å². The van der Waals surface area contributed by atoms with Crippen LogP contribution < -0.4 is 10.5 Å². The fourth-order valence-electron chi connectivity index (χ4n) is 1.39. The van der Waals surface area contributed by atoms with E-state index in [1.165, 1.54) is 12.8 Å². The van der Waals surface area contributed by atoms with Crippen LogP contribution in [-0.4, -0.2) is 6.61 Å². The Kier molecular flexibility index (Phi) is 2.82. The summed E-state index contributed by atoms with van der Waals surface area (Å²) in [6.45, 7) is 0.760. The van der Waals surface area contributed by atoms with Crippen LogP contribution in [-0.2, 0) is 0 Å². The Hall–Kier alpha value is -0.890. The topological polar surface area (TPSA) is 35.2 Å². The summed E-state index contributed by atoms with van der Waals surface area (Å²) in [4.78, 5) is 0. The molecule has 2 nitrogen and oxygen atoms in total. The normalized spacial score (nSPS) is 15.5. The van der Waals surface area contributed by atoms with Gasteiger partial charge in [0.25, 0.3) is 0 Å². The molecular formula is C11H14ClNO. The number of anilines is 1. The van der Waals surface area contributed by atoms with Crippen molar-refractivity contribution in [2.45, 2.75) is 19.3 Å². The molecule has 2 rings (SSSR count). The largest absolute Gasteiger partial charge is 0.491 e. The molecule has 0 atom stereocenters. The summed E-state index contributed by atoms with van der Waals surface area (Å²) in [6.07, 6.45) is 3.86. The monoisotopic (exact) mass is 211 g/mol. The van der Waals surface area contributed by atoms with Gasteiger partial charge < -0.3 is 10.5 Å². The average molecular weight is 212 g/mol. The van der Waals surface area contributed by atoms with Crippen LogP contribution in [0.2, 0.25) is 5.02 Å². The third-order valence-electron chi connectivity index (χ3n) is 2.45. The minimum Gasteiger partial charge on any atom is -0.491 e. The lowest BCUT2D eigenvalue weighted by molar-refractivity contribution is 0.304. The molecule has 0 radical (unpaired) electrons. The summed E-state index contributed by atoms with van der Waals surface area (Å²) in [7, 11) is 0. The van der Waals surface area contributed by atoms with E-state index in [9.17, 15) is 0 Å². The summed E-state index contributed by atoms with van der Waals surface area (Å²) >= 11 is 5.78. The maximum atomic E-state index is 5.78.